The van der Waals surface area contributed by atoms with Gasteiger partial charge in [-0.05, 0) is 11.1 Å². The molecule has 0 spiro atoms. The number of benzene rings is 2. The molecule has 31 heavy (non-hydrogen) atoms. The molecule has 2 heterocycles. The Morgan fingerprint density at radius 2 is 1.39 bits per heavy atom. The van der Waals surface area contributed by atoms with E-state index in [0.717, 1.165) is 13.1 Å². The van der Waals surface area contributed by atoms with Crippen molar-refractivity contribution >= 4 is 5.91 Å². The van der Waals surface area contributed by atoms with Crippen LogP contribution in [0.5, 0.6) is 0 Å². The maximum atomic E-state index is 13.1. The highest BCUT2D eigenvalue weighted by molar-refractivity contribution is 5.81. The molecular weight excluding hydrogens is 388 g/mol. The summed E-state index contributed by atoms with van der Waals surface area (Å²) in [5, 5.41) is 0. The molecule has 2 saturated heterocycles. The van der Waals surface area contributed by atoms with Crippen molar-refractivity contribution in [3.63, 3.8) is 0 Å². The first-order valence-corrected chi connectivity index (χ1v) is 11.0. The first-order valence-electron chi connectivity index (χ1n) is 11.0. The van der Waals surface area contributed by atoms with Crippen LogP contribution >= 0.6 is 0 Å². The van der Waals surface area contributed by atoms with Crippen LogP contribution < -0.4 is 0 Å². The van der Waals surface area contributed by atoms with Gasteiger partial charge in [-0.25, -0.2) is 0 Å². The molecule has 1 aliphatic carbocycles. The molecule has 0 aromatic heterocycles. The van der Waals surface area contributed by atoms with E-state index in [4.69, 9.17) is 9.47 Å². The van der Waals surface area contributed by atoms with Crippen LogP contribution in [-0.2, 0) is 14.3 Å². The number of rotatable bonds is 4. The van der Waals surface area contributed by atoms with E-state index < -0.39 is 6.10 Å². The van der Waals surface area contributed by atoms with Crippen LogP contribution in [0.1, 0.15) is 17.2 Å². The zero-order valence-corrected chi connectivity index (χ0v) is 17.5. The van der Waals surface area contributed by atoms with E-state index in [0.29, 0.717) is 19.7 Å². The minimum atomic E-state index is -0.525. The average Bonchev–Trinajstić information content (AvgIpc) is 2.85. The van der Waals surface area contributed by atoms with Gasteiger partial charge in [-0.3, -0.25) is 9.69 Å². The van der Waals surface area contributed by atoms with Gasteiger partial charge in [0.1, 0.15) is 12.2 Å². The van der Waals surface area contributed by atoms with Gasteiger partial charge in [-0.1, -0.05) is 85.0 Å². The number of hydrogen-bond acceptors (Lipinski definition) is 4. The van der Waals surface area contributed by atoms with Gasteiger partial charge in [0, 0.05) is 26.2 Å². The van der Waals surface area contributed by atoms with Gasteiger partial charge < -0.3 is 14.4 Å². The summed E-state index contributed by atoms with van der Waals surface area (Å²) in [4.78, 5) is 17.5. The van der Waals surface area contributed by atoms with Crippen molar-refractivity contribution in [1.82, 2.24) is 9.80 Å². The summed E-state index contributed by atoms with van der Waals surface area (Å²) in [6.07, 6.45) is 7.08. The number of fused-ring (bicyclic) bond motifs is 1. The maximum Gasteiger partial charge on any atom is 0.254 e. The minimum Gasteiger partial charge on any atom is -0.368 e. The lowest BCUT2D eigenvalue weighted by Crippen LogP contribution is -2.55. The summed E-state index contributed by atoms with van der Waals surface area (Å²) < 4.78 is 11.9. The first-order chi connectivity index (χ1) is 15.3. The highest BCUT2D eigenvalue weighted by Gasteiger charge is 2.37. The summed E-state index contributed by atoms with van der Waals surface area (Å²) in [6, 6.07) is 21.4. The highest BCUT2D eigenvalue weighted by atomic mass is 16.6. The molecule has 3 atom stereocenters. The number of ether oxygens (including phenoxy) is 2. The Morgan fingerprint density at radius 1 is 0.806 bits per heavy atom. The van der Waals surface area contributed by atoms with E-state index in [2.05, 4.69) is 65.6 Å². The van der Waals surface area contributed by atoms with E-state index in [1.54, 1.807) is 0 Å². The molecule has 0 saturated carbocycles. The largest absolute Gasteiger partial charge is 0.368 e. The predicted octanol–water partition coefficient (Wildman–Crippen LogP) is 3.20. The number of carbonyl (C=O) groups is 1. The molecule has 2 aromatic rings. The van der Waals surface area contributed by atoms with Crippen molar-refractivity contribution in [2.45, 2.75) is 24.4 Å². The van der Waals surface area contributed by atoms with Gasteiger partial charge >= 0.3 is 0 Å². The normalized spacial score (nSPS) is 26.1. The van der Waals surface area contributed by atoms with Gasteiger partial charge in [0.15, 0.2) is 6.10 Å². The molecule has 5 rings (SSSR count). The third-order valence-corrected chi connectivity index (χ3v) is 6.30. The fourth-order valence-electron chi connectivity index (χ4n) is 4.69. The summed E-state index contributed by atoms with van der Waals surface area (Å²) >= 11 is 0. The fourth-order valence-corrected chi connectivity index (χ4v) is 4.69. The molecular formula is C26H28N2O3. The predicted molar refractivity (Wildman–Crippen MR) is 120 cm³/mol. The molecule has 5 heteroatoms. The molecule has 2 aliphatic heterocycles. The standard InChI is InChI=1S/C26H28N2O3/c29-26(24-19-30-22-13-7-8-14-23(22)31-24)28-17-15-27(16-18-28)25(20-9-3-1-4-10-20)21-11-5-2-6-12-21/h1-14,22-25H,15-19H2/t22-,23+,24-/m1/s1. The van der Waals surface area contributed by atoms with Gasteiger partial charge in [0.2, 0.25) is 0 Å². The van der Waals surface area contributed by atoms with Crippen LogP contribution in [-0.4, -0.2) is 66.8 Å². The van der Waals surface area contributed by atoms with Crippen molar-refractivity contribution in [3.05, 3.63) is 96.1 Å². The van der Waals surface area contributed by atoms with Crippen LogP contribution in [0.4, 0.5) is 0 Å². The lowest BCUT2D eigenvalue weighted by Gasteiger charge is -2.42. The van der Waals surface area contributed by atoms with Crippen molar-refractivity contribution in [2.75, 3.05) is 32.8 Å². The monoisotopic (exact) mass is 416 g/mol. The minimum absolute atomic E-state index is 0.0389. The molecule has 160 valence electrons. The molecule has 2 aromatic carbocycles. The number of carbonyl (C=O) groups excluding carboxylic acids is 1. The van der Waals surface area contributed by atoms with Gasteiger partial charge in [0.25, 0.3) is 5.91 Å². The zero-order valence-electron chi connectivity index (χ0n) is 17.5. The second-order valence-corrected chi connectivity index (χ2v) is 8.24. The number of hydrogen-bond donors (Lipinski definition) is 0. The van der Waals surface area contributed by atoms with Gasteiger partial charge in [-0.2, -0.15) is 0 Å². The molecule has 1 amide bonds. The summed E-state index contributed by atoms with van der Waals surface area (Å²) in [5.41, 5.74) is 2.56. The average molecular weight is 417 g/mol. The second kappa shape index (κ2) is 9.18. The highest BCUT2D eigenvalue weighted by Crippen LogP contribution is 2.30. The quantitative estimate of drug-likeness (QED) is 0.768. The van der Waals surface area contributed by atoms with E-state index in [1.165, 1.54) is 11.1 Å². The van der Waals surface area contributed by atoms with Crippen LogP contribution in [0.25, 0.3) is 0 Å². The Hall–Kier alpha value is -2.73. The van der Waals surface area contributed by atoms with E-state index in [1.807, 2.05) is 29.2 Å². The zero-order chi connectivity index (χ0) is 21.0. The Bertz CT molecular complexity index is 896. The lowest BCUT2D eigenvalue weighted by atomic mass is 9.96. The van der Waals surface area contributed by atoms with Crippen LogP contribution in [0.2, 0.25) is 0 Å². The molecule has 0 radical (unpaired) electrons. The van der Waals surface area contributed by atoms with Crippen molar-refractivity contribution in [3.8, 4) is 0 Å². The summed E-state index contributed by atoms with van der Waals surface area (Å²) in [6.45, 7) is 3.34. The number of allylic oxidation sites excluding steroid dienone is 2. The van der Waals surface area contributed by atoms with Crippen molar-refractivity contribution in [1.29, 1.82) is 0 Å². The first kappa shape index (κ1) is 20.2. The van der Waals surface area contributed by atoms with E-state index in [-0.39, 0.29) is 24.2 Å². The second-order valence-electron chi connectivity index (χ2n) is 8.24. The Morgan fingerprint density at radius 3 is 2.00 bits per heavy atom. The topological polar surface area (TPSA) is 42.0 Å². The Balaban J connectivity index is 1.25. The molecule has 3 aliphatic rings. The number of nitrogens with zero attached hydrogens (tertiary/aromatic N) is 2. The summed E-state index contributed by atoms with van der Waals surface area (Å²) in [5.74, 6) is 0.0389. The molecule has 0 N–H and O–H groups in total. The van der Waals surface area contributed by atoms with E-state index >= 15 is 0 Å². The fraction of sp³-hybridized carbons (Fsp3) is 0.346. The van der Waals surface area contributed by atoms with Crippen molar-refractivity contribution < 1.29 is 14.3 Å². The number of piperazine rings is 1. The van der Waals surface area contributed by atoms with Crippen LogP contribution in [0.15, 0.2) is 85.0 Å². The SMILES string of the molecule is O=C([C@H]1CO[C@@H]2C=CC=C[C@@H]2O1)N1CCN(C(c2ccccc2)c2ccccc2)CC1. The lowest BCUT2D eigenvalue weighted by molar-refractivity contribution is -0.177. The molecule has 2 fully saturated rings. The van der Waals surface area contributed by atoms with Gasteiger partial charge in [0.05, 0.1) is 12.6 Å². The third kappa shape index (κ3) is 4.35. The summed E-state index contributed by atoms with van der Waals surface area (Å²) in [7, 11) is 0. The molecule has 5 nitrogen and oxygen atoms in total. The maximum absolute atomic E-state index is 13.1. The smallest absolute Gasteiger partial charge is 0.254 e. The third-order valence-electron chi connectivity index (χ3n) is 6.30. The van der Waals surface area contributed by atoms with Gasteiger partial charge in [-0.15, -0.1) is 0 Å². The number of amides is 1. The Kier molecular flexibility index (Phi) is 5.98. The van der Waals surface area contributed by atoms with Crippen LogP contribution in [0, 0.1) is 0 Å². The molecule has 0 bridgehead atoms. The molecule has 0 unspecified atom stereocenters. The Labute approximate surface area is 183 Å². The van der Waals surface area contributed by atoms with Crippen LogP contribution in [0.3, 0.4) is 0 Å². The van der Waals surface area contributed by atoms with Crippen molar-refractivity contribution in [2.24, 2.45) is 0 Å². The van der Waals surface area contributed by atoms with E-state index in [9.17, 15) is 4.79 Å².